The van der Waals surface area contributed by atoms with Crippen LogP contribution in [0.4, 0.5) is 4.39 Å². The number of aryl methyl sites for hydroxylation is 1. The molecule has 0 spiro atoms. The molecule has 0 aliphatic carbocycles. The zero-order chi connectivity index (χ0) is 13.1. The predicted molar refractivity (Wildman–Crippen MR) is 70.2 cm³/mol. The smallest absolute Gasteiger partial charge is 0.125 e. The summed E-state index contributed by atoms with van der Waals surface area (Å²) in [5, 5.41) is 3.30. The Kier molecular flexibility index (Phi) is 3.77. The van der Waals surface area contributed by atoms with Crippen molar-refractivity contribution >= 4 is 0 Å². The van der Waals surface area contributed by atoms with Gasteiger partial charge >= 0.3 is 0 Å². The Morgan fingerprint density at radius 3 is 2.89 bits per heavy atom. The minimum atomic E-state index is -0.230. The summed E-state index contributed by atoms with van der Waals surface area (Å²) >= 11 is 0. The summed E-state index contributed by atoms with van der Waals surface area (Å²) in [5.74, 6) is -0.230. The van der Waals surface area contributed by atoms with Crippen molar-refractivity contribution in [2.45, 2.75) is 33.4 Å². The summed E-state index contributed by atoms with van der Waals surface area (Å²) in [5.41, 5.74) is 2.81. The van der Waals surface area contributed by atoms with Crippen LogP contribution in [0.5, 0.6) is 0 Å². The summed E-state index contributed by atoms with van der Waals surface area (Å²) in [6, 6.07) is 5.19. The van der Waals surface area contributed by atoms with E-state index in [2.05, 4.69) is 24.1 Å². The number of hydrogen-bond acceptors (Lipinski definition) is 2. The van der Waals surface area contributed by atoms with E-state index in [-0.39, 0.29) is 5.82 Å². The van der Waals surface area contributed by atoms with Gasteiger partial charge in [-0.15, -0.1) is 0 Å². The van der Waals surface area contributed by atoms with Crippen LogP contribution in [0, 0.1) is 12.7 Å². The number of halogens is 1. The molecule has 0 aliphatic heterocycles. The van der Waals surface area contributed by atoms with Crippen LogP contribution in [0.25, 0.3) is 5.69 Å². The van der Waals surface area contributed by atoms with Crippen LogP contribution in [-0.4, -0.2) is 15.6 Å². The molecule has 0 saturated carbocycles. The maximum absolute atomic E-state index is 13.2. The van der Waals surface area contributed by atoms with Crippen LogP contribution in [0.15, 0.2) is 30.7 Å². The lowest BCUT2D eigenvalue weighted by Crippen LogP contribution is -2.21. The van der Waals surface area contributed by atoms with Gasteiger partial charge in [0.2, 0.25) is 0 Å². The van der Waals surface area contributed by atoms with Crippen LogP contribution < -0.4 is 5.32 Å². The fraction of sp³-hybridized carbons (Fsp3) is 0.357. The van der Waals surface area contributed by atoms with Crippen molar-refractivity contribution in [3.8, 4) is 5.69 Å². The first-order chi connectivity index (χ1) is 8.56. The number of aromatic nitrogens is 2. The largest absolute Gasteiger partial charge is 0.309 e. The molecule has 0 atom stereocenters. The van der Waals surface area contributed by atoms with Gasteiger partial charge in [0.25, 0.3) is 0 Å². The van der Waals surface area contributed by atoms with Crippen molar-refractivity contribution in [2.75, 3.05) is 0 Å². The van der Waals surface area contributed by atoms with E-state index in [4.69, 9.17) is 0 Å². The summed E-state index contributed by atoms with van der Waals surface area (Å²) in [6.45, 7) is 6.86. The topological polar surface area (TPSA) is 29.9 Å². The lowest BCUT2D eigenvalue weighted by molar-refractivity contribution is 0.582. The van der Waals surface area contributed by atoms with Crippen LogP contribution in [0.3, 0.4) is 0 Å². The second-order valence-electron chi connectivity index (χ2n) is 4.74. The van der Waals surface area contributed by atoms with Gasteiger partial charge in [-0.3, -0.25) is 0 Å². The predicted octanol–water partition coefficient (Wildman–Crippen LogP) is 2.82. The Hall–Kier alpha value is -1.68. The molecule has 1 N–H and O–H groups in total. The highest BCUT2D eigenvalue weighted by molar-refractivity contribution is 5.40. The van der Waals surface area contributed by atoms with Crippen molar-refractivity contribution in [1.82, 2.24) is 14.9 Å². The molecule has 1 aromatic carbocycles. The SMILES string of the molecule is Cc1ccc(F)cc1-n1cnc(CNC(C)C)c1. The van der Waals surface area contributed by atoms with E-state index < -0.39 is 0 Å². The average Bonchev–Trinajstić information content (AvgIpc) is 2.78. The molecular formula is C14H18FN3. The lowest BCUT2D eigenvalue weighted by atomic mass is 10.2. The first-order valence-corrected chi connectivity index (χ1v) is 6.09. The maximum Gasteiger partial charge on any atom is 0.125 e. The quantitative estimate of drug-likeness (QED) is 0.900. The van der Waals surface area contributed by atoms with Crippen LogP contribution in [0.1, 0.15) is 25.1 Å². The minimum Gasteiger partial charge on any atom is -0.309 e. The molecule has 18 heavy (non-hydrogen) atoms. The first kappa shape index (κ1) is 12.8. The van der Waals surface area contributed by atoms with E-state index in [1.54, 1.807) is 12.4 Å². The van der Waals surface area contributed by atoms with Crippen molar-refractivity contribution in [1.29, 1.82) is 0 Å². The fourth-order valence-electron chi connectivity index (χ4n) is 1.76. The van der Waals surface area contributed by atoms with Gasteiger partial charge in [-0.05, 0) is 24.6 Å². The Bertz CT molecular complexity index is 532. The molecule has 2 rings (SSSR count). The molecule has 1 heterocycles. The van der Waals surface area contributed by atoms with Crippen molar-refractivity contribution in [3.05, 3.63) is 47.8 Å². The van der Waals surface area contributed by atoms with Crippen molar-refractivity contribution < 1.29 is 4.39 Å². The Morgan fingerprint density at radius 2 is 2.17 bits per heavy atom. The van der Waals surface area contributed by atoms with E-state index >= 15 is 0 Å². The average molecular weight is 247 g/mol. The Labute approximate surface area is 107 Å². The zero-order valence-electron chi connectivity index (χ0n) is 10.9. The standard InChI is InChI=1S/C14H18FN3/c1-10(2)16-7-13-8-18(9-17-13)14-6-12(15)5-4-11(14)3/h4-6,8-10,16H,7H2,1-3H3. The molecule has 4 heteroatoms. The molecule has 0 radical (unpaired) electrons. The molecule has 3 nitrogen and oxygen atoms in total. The number of rotatable bonds is 4. The van der Waals surface area contributed by atoms with Gasteiger partial charge < -0.3 is 9.88 Å². The van der Waals surface area contributed by atoms with Crippen LogP contribution in [-0.2, 0) is 6.54 Å². The number of hydrogen-bond donors (Lipinski definition) is 1. The van der Waals surface area contributed by atoms with E-state index in [0.717, 1.165) is 23.5 Å². The number of benzene rings is 1. The molecule has 0 saturated heterocycles. The van der Waals surface area contributed by atoms with Gasteiger partial charge in [0.1, 0.15) is 5.82 Å². The summed E-state index contributed by atoms with van der Waals surface area (Å²) < 4.78 is 15.1. The molecule has 0 aliphatic rings. The maximum atomic E-state index is 13.2. The highest BCUT2D eigenvalue weighted by Gasteiger charge is 2.05. The highest BCUT2D eigenvalue weighted by atomic mass is 19.1. The van der Waals surface area contributed by atoms with Gasteiger partial charge in [-0.25, -0.2) is 9.37 Å². The van der Waals surface area contributed by atoms with E-state index in [1.165, 1.54) is 12.1 Å². The first-order valence-electron chi connectivity index (χ1n) is 6.09. The molecule has 1 aromatic heterocycles. The van der Waals surface area contributed by atoms with Crippen molar-refractivity contribution in [3.63, 3.8) is 0 Å². The van der Waals surface area contributed by atoms with Gasteiger partial charge in [0.15, 0.2) is 0 Å². The summed E-state index contributed by atoms with van der Waals surface area (Å²) in [6.07, 6.45) is 3.65. The molecular weight excluding hydrogens is 229 g/mol. The third kappa shape index (κ3) is 2.96. The monoisotopic (exact) mass is 247 g/mol. The fourth-order valence-corrected chi connectivity index (χ4v) is 1.76. The molecule has 0 fully saturated rings. The Balaban J connectivity index is 2.21. The van der Waals surface area contributed by atoms with Gasteiger partial charge in [-0.1, -0.05) is 19.9 Å². The molecule has 0 bridgehead atoms. The van der Waals surface area contributed by atoms with E-state index in [0.29, 0.717) is 6.04 Å². The van der Waals surface area contributed by atoms with Gasteiger partial charge in [-0.2, -0.15) is 0 Å². The number of nitrogens with zero attached hydrogens (tertiary/aromatic N) is 2. The molecule has 2 aromatic rings. The van der Waals surface area contributed by atoms with Crippen LogP contribution >= 0.6 is 0 Å². The van der Waals surface area contributed by atoms with Crippen molar-refractivity contribution in [2.24, 2.45) is 0 Å². The second kappa shape index (κ2) is 5.31. The third-order valence-corrected chi connectivity index (χ3v) is 2.78. The second-order valence-corrected chi connectivity index (χ2v) is 4.74. The zero-order valence-corrected chi connectivity index (χ0v) is 10.9. The molecule has 0 amide bonds. The van der Waals surface area contributed by atoms with E-state index in [1.807, 2.05) is 17.7 Å². The summed E-state index contributed by atoms with van der Waals surface area (Å²) in [7, 11) is 0. The molecule has 0 unspecified atom stereocenters. The number of imidazole rings is 1. The van der Waals surface area contributed by atoms with E-state index in [9.17, 15) is 4.39 Å². The van der Waals surface area contributed by atoms with Crippen LogP contribution in [0.2, 0.25) is 0 Å². The Morgan fingerprint density at radius 1 is 1.39 bits per heavy atom. The highest BCUT2D eigenvalue weighted by Crippen LogP contribution is 2.15. The molecule has 96 valence electrons. The lowest BCUT2D eigenvalue weighted by Gasteiger charge is -2.07. The van der Waals surface area contributed by atoms with Gasteiger partial charge in [0.05, 0.1) is 17.7 Å². The normalized spacial score (nSPS) is 11.2. The van der Waals surface area contributed by atoms with Gasteiger partial charge in [0, 0.05) is 18.8 Å². The third-order valence-electron chi connectivity index (χ3n) is 2.78. The number of nitrogens with one attached hydrogen (secondary N) is 1. The summed E-state index contributed by atoms with van der Waals surface area (Å²) in [4.78, 5) is 4.31. The minimum absolute atomic E-state index is 0.230.